The van der Waals surface area contributed by atoms with Crippen LogP contribution in [0.2, 0.25) is 0 Å². The van der Waals surface area contributed by atoms with Gasteiger partial charge in [0.25, 0.3) is 5.91 Å². The van der Waals surface area contributed by atoms with Crippen LogP contribution in [0.25, 0.3) is 0 Å². The molecule has 0 radical (unpaired) electrons. The predicted molar refractivity (Wildman–Crippen MR) is 102 cm³/mol. The Morgan fingerprint density at radius 1 is 1.19 bits per heavy atom. The maximum absolute atomic E-state index is 12.3. The van der Waals surface area contributed by atoms with E-state index in [2.05, 4.69) is 10.6 Å². The molecule has 27 heavy (non-hydrogen) atoms. The number of primary amides is 1. The van der Waals surface area contributed by atoms with Gasteiger partial charge >= 0.3 is 6.03 Å². The van der Waals surface area contributed by atoms with E-state index in [-0.39, 0.29) is 12.0 Å². The van der Waals surface area contributed by atoms with Crippen molar-refractivity contribution >= 4 is 17.6 Å². The van der Waals surface area contributed by atoms with E-state index in [0.717, 1.165) is 30.8 Å². The van der Waals surface area contributed by atoms with Crippen LogP contribution in [0, 0.1) is 0 Å². The van der Waals surface area contributed by atoms with Gasteiger partial charge in [-0.15, -0.1) is 0 Å². The molecule has 1 aliphatic heterocycles. The first-order chi connectivity index (χ1) is 13.1. The molecule has 0 aliphatic carbocycles. The number of carbonyl (C=O) groups excluding carboxylic acids is 2. The van der Waals surface area contributed by atoms with Gasteiger partial charge in [-0.1, -0.05) is 18.2 Å². The molecule has 0 spiro atoms. The molecule has 7 nitrogen and oxygen atoms in total. The largest absolute Gasteiger partial charge is 0.491 e. The Hall–Kier alpha value is -3.06. The first-order valence-electron chi connectivity index (χ1n) is 8.88. The molecule has 4 N–H and O–H groups in total. The Morgan fingerprint density at radius 3 is 2.81 bits per heavy atom. The summed E-state index contributed by atoms with van der Waals surface area (Å²) in [5.74, 6) is 0.513. The summed E-state index contributed by atoms with van der Waals surface area (Å²) in [6.07, 6.45) is 2.27. The van der Waals surface area contributed by atoms with Gasteiger partial charge in [-0.25, -0.2) is 4.79 Å². The van der Waals surface area contributed by atoms with Gasteiger partial charge in [-0.3, -0.25) is 4.79 Å². The predicted octanol–water partition coefficient (Wildman–Crippen LogP) is 2.67. The summed E-state index contributed by atoms with van der Waals surface area (Å²) >= 11 is 0. The third kappa shape index (κ3) is 5.72. The Kier molecular flexibility index (Phi) is 6.27. The van der Waals surface area contributed by atoms with Gasteiger partial charge < -0.3 is 25.8 Å². The fourth-order valence-corrected chi connectivity index (χ4v) is 2.88. The molecule has 0 aromatic heterocycles. The van der Waals surface area contributed by atoms with Crippen LogP contribution in [0.1, 0.15) is 28.8 Å². The summed E-state index contributed by atoms with van der Waals surface area (Å²) in [4.78, 5) is 23.3. The highest BCUT2D eigenvalue weighted by Crippen LogP contribution is 2.17. The molecule has 0 unspecified atom stereocenters. The highest BCUT2D eigenvalue weighted by atomic mass is 16.5. The first-order valence-corrected chi connectivity index (χ1v) is 8.88. The molecule has 0 saturated carbocycles. The maximum Gasteiger partial charge on any atom is 0.316 e. The van der Waals surface area contributed by atoms with Crippen LogP contribution in [0.4, 0.5) is 10.5 Å². The van der Waals surface area contributed by atoms with Crippen molar-refractivity contribution in [1.82, 2.24) is 5.32 Å². The first kappa shape index (κ1) is 18.7. The second-order valence-electron chi connectivity index (χ2n) is 6.35. The van der Waals surface area contributed by atoms with Crippen molar-refractivity contribution in [3.8, 4) is 5.75 Å². The van der Waals surface area contributed by atoms with E-state index in [1.165, 1.54) is 0 Å². The van der Waals surface area contributed by atoms with Gasteiger partial charge in [-0.05, 0) is 48.7 Å². The van der Waals surface area contributed by atoms with E-state index >= 15 is 0 Å². The lowest BCUT2D eigenvalue weighted by atomic mass is 10.1. The van der Waals surface area contributed by atoms with Crippen molar-refractivity contribution in [2.24, 2.45) is 5.73 Å². The van der Waals surface area contributed by atoms with Gasteiger partial charge in [-0.2, -0.15) is 0 Å². The van der Waals surface area contributed by atoms with E-state index in [1.807, 2.05) is 24.3 Å². The summed E-state index contributed by atoms with van der Waals surface area (Å²) in [6.45, 7) is 1.70. The zero-order valence-electron chi connectivity index (χ0n) is 14.9. The monoisotopic (exact) mass is 369 g/mol. The number of nitrogens with one attached hydrogen (secondary N) is 2. The SMILES string of the molecule is NC(=O)Nc1cccc(C(=O)NCc2cccc(OC[C@H]3CCCO3)c2)c1. The van der Waals surface area contributed by atoms with Crippen LogP contribution in [-0.2, 0) is 11.3 Å². The van der Waals surface area contributed by atoms with Crippen LogP contribution in [0.15, 0.2) is 48.5 Å². The molecule has 142 valence electrons. The van der Waals surface area contributed by atoms with Gasteiger partial charge in [0.1, 0.15) is 12.4 Å². The minimum Gasteiger partial charge on any atom is -0.491 e. The molecular weight excluding hydrogens is 346 g/mol. The van der Waals surface area contributed by atoms with Gasteiger partial charge in [0.05, 0.1) is 6.10 Å². The molecule has 1 heterocycles. The Bertz CT molecular complexity index is 803. The van der Waals surface area contributed by atoms with E-state index < -0.39 is 6.03 Å². The molecule has 1 fully saturated rings. The molecule has 7 heteroatoms. The van der Waals surface area contributed by atoms with Crippen LogP contribution in [0.5, 0.6) is 5.75 Å². The maximum atomic E-state index is 12.3. The van der Waals surface area contributed by atoms with Crippen molar-refractivity contribution < 1.29 is 19.1 Å². The third-order valence-corrected chi connectivity index (χ3v) is 4.20. The Balaban J connectivity index is 1.54. The lowest BCUT2D eigenvalue weighted by Crippen LogP contribution is -2.23. The molecular formula is C20H23N3O4. The van der Waals surface area contributed by atoms with E-state index in [1.54, 1.807) is 24.3 Å². The van der Waals surface area contributed by atoms with Gasteiger partial charge in [0.2, 0.25) is 0 Å². The van der Waals surface area contributed by atoms with E-state index in [4.69, 9.17) is 15.2 Å². The number of urea groups is 1. The minimum absolute atomic E-state index is 0.162. The highest BCUT2D eigenvalue weighted by molar-refractivity contribution is 5.96. The number of benzene rings is 2. The van der Waals surface area contributed by atoms with Crippen molar-refractivity contribution in [2.45, 2.75) is 25.5 Å². The fraction of sp³-hybridized carbons (Fsp3) is 0.300. The number of anilines is 1. The Morgan fingerprint density at radius 2 is 2.04 bits per heavy atom. The molecule has 1 saturated heterocycles. The normalized spacial score (nSPS) is 15.9. The number of rotatable bonds is 7. The highest BCUT2D eigenvalue weighted by Gasteiger charge is 2.16. The van der Waals surface area contributed by atoms with Crippen molar-refractivity contribution in [2.75, 3.05) is 18.5 Å². The van der Waals surface area contributed by atoms with Gasteiger partial charge in [0.15, 0.2) is 0 Å². The number of nitrogens with two attached hydrogens (primary N) is 1. The summed E-state index contributed by atoms with van der Waals surface area (Å²) in [5.41, 5.74) is 6.93. The third-order valence-electron chi connectivity index (χ3n) is 4.20. The number of amides is 3. The van der Waals surface area contributed by atoms with E-state index in [0.29, 0.717) is 24.4 Å². The van der Waals surface area contributed by atoms with Crippen molar-refractivity contribution in [3.63, 3.8) is 0 Å². The number of ether oxygens (including phenoxy) is 2. The van der Waals surface area contributed by atoms with Crippen LogP contribution >= 0.6 is 0 Å². The zero-order valence-corrected chi connectivity index (χ0v) is 14.9. The van der Waals surface area contributed by atoms with E-state index in [9.17, 15) is 9.59 Å². The van der Waals surface area contributed by atoms with Crippen LogP contribution < -0.4 is 21.1 Å². The second-order valence-corrected chi connectivity index (χ2v) is 6.35. The van der Waals surface area contributed by atoms with Crippen LogP contribution in [0.3, 0.4) is 0 Å². The smallest absolute Gasteiger partial charge is 0.316 e. The lowest BCUT2D eigenvalue weighted by molar-refractivity contribution is 0.0679. The summed E-state index contributed by atoms with van der Waals surface area (Å²) < 4.78 is 11.3. The second kappa shape index (κ2) is 9.05. The number of hydrogen-bond acceptors (Lipinski definition) is 4. The van der Waals surface area contributed by atoms with Crippen molar-refractivity contribution in [3.05, 3.63) is 59.7 Å². The molecule has 3 rings (SSSR count). The lowest BCUT2D eigenvalue weighted by Gasteiger charge is -2.12. The summed E-state index contributed by atoms with van der Waals surface area (Å²) in [6, 6.07) is 13.5. The molecule has 0 bridgehead atoms. The van der Waals surface area contributed by atoms with Gasteiger partial charge in [0, 0.05) is 24.4 Å². The average molecular weight is 369 g/mol. The zero-order chi connectivity index (χ0) is 19.1. The van der Waals surface area contributed by atoms with Crippen LogP contribution in [-0.4, -0.2) is 31.3 Å². The number of carbonyl (C=O) groups is 2. The topological polar surface area (TPSA) is 103 Å². The molecule has 2 aromatic carbocycles. The quantitative estimate of drug-likeness (QED) is 0.698. The Labute approximate surface area is 157 Å². The molecule has 1 aliphatic rings. The summed E-state index contributed by atoms with van der Waals surface area (Å²) in [7, 11) is 0. The fourth-order valence-electron chi connectivity index (χ4n) is 2.88. The minimum atomic E-state index is -0.674. The molecule has 3 amide bonds. The molecule has 1 atom stereocenters. The standard InChI is InChI=1S/C20H23N3O4/c21-20(25)23-16-6-2-5-15(11-16)19(24)22-12-14-4-1-7-17(10-14)27-13-18-8-3-9-26-18/h1-2,4-7,10-11,18H,3,8-9,12-13H2,(H,22,24)(H3,21,23,25)/t18-/m1/s1. The number of hydrogen-bond donors (Lipinski definition) is 3. The molecule has 2 aromatic rings. The van der Waals surface area contributed by atoms with Crippen molar-refractivity contribution in [1.29, 1.82) is 0 Å². The summed E-state index contributed by atoms with van der Waals surface area (Å²) in [5, 5.41) is 5.31. The average Bonchev–Trinajstić information content (AvgIpc) is 3.18.